The van der Waals surface area contributed by atoms with Crippen molar-refractivity contribution in [2.75, 3.05) is 0 Å². The highest BCUT2D eigenvalue weighted by molar-refractivity contribution is 5.96. The Morgan fingerprint density at radius 2 is 1.92 bits per heavy atom. The number of benzene rings is 1. The quantitative estimate of drug-likeness (QED) is 0.660. The Kier molecular flexibility index (Phi) is 3.83. The van der Waals surface area contributed by atoms with Crippen molar-refractivity contribution < 1.29 is 8.78 Å². The van der Waals surface area contributed by atoms with E-state index in [1.807, 2.05) is 0 Å². The van der Waals surface area contributed by atoms with Gasteiger partial charge in [-0.25, -0.2) is 8.78 Å². The van der Waals surface area contributed by atoms with Gasteiger partial charge in [-0.1, -0.05) is 12.1 Å². The van der Waals surface area contributed by atoms with Crippen LogP contribution in [0.4, 0.5) is 8.78 Å². The van der Waals surface area contributed by atoms with Gasteiger partial charge < -0.3 is 5.41 Å². The number of hydrogen-bond donors (Lipinski definition) is 1. The van der Waals surface area contributed by atoms with E-state index < -0.39 is 11.6 Å². The molecule has 0 fully saturated rings. The second-order valence-electron chi connectivity index (χ2n) is 2.23. The molecule has 4 heteroatoms. The molecule has 0 atom stereocenters. The predicted molar refractivity (Wildman–Crippen MR) is 46.1 cm³/mol. The van der Waals surface area contributed by atoms with E-state index >= 15 is 0 Å². The molecule has 0 saturated carbocycles. The molecule has 66 valence electrons. The van der Waals surface area contributed by atoms with Crippen molar-refractivity contribution in [2.45, 2.75) is 6.92 Å². The van der Waals surface area contributed by atoms with Gasteiger partial charge in [0.05, 0.1) is 0 Å². The molecule has 1 nitrogen and oxygen atoms in total. The van der Waals surface area contributed by atoms with Gasteiger partial charge in [0.25, 0.3) is 0 Å². The van der Waals surface area contributed by atoms with Crippen LogP contribution in [0.25, 0.3) is 0 Å². The average molecular weight is 192 g/mol. The molecular formula is C8H8ClF2N. The summed E-state index contributed by atoms with van der Waals surface area (Å²) in [6.07, 6.45) is 0. The third-order valence-corrected chi connectivity index (χ3v) is 1.36. The lowest BCUT2D eigenvalue weighted by atomic mass is 10.1. The van der Waals surface area contributed by atoms with E-state index in [1.54, 1.807) is 0 Å². The summed E-state index contributed by atoms with van der Waals surface area (Å²) in [6.45, 7) is 1.41. The van der Waals surface area contributed by atoms with Gasteiger partial charge in [-0.15, -0.1) is 12.4 Å². The topological polar surface area (TPSA) is 23.9 Å². The van der Waals surface area contributed by atoms with Crippen LogP contribution in [-0.4, -0.2) is 5.71 Å². The Labute approximate surface area is 75.3 Å². The summed E-state index contributed by atoms with van der Waals surface area (Å²) in [7, 11) is 0. The lowest BCUT2D eigenvalue weighted by molar-refractivity contribution is 0.507. The highest BCUT2D eigenvalue weighted by Gasteiger charge is 2.07. The molecule has 0 bridgehead atoms. The third kappa shape index (κ3) is 2.01. The number of nitrogens with one attached hydrogen (secondary N) is 1. The standard InChI is InChI=1S/C8H7F2N.ClH/c1-5(11)6-3-2-4-7(9)8(6)10;/h2-4,11H,1H3;1H. The summed E-state index contributed by atoms with van der Waals surface area (Å²) in [5.74, 6) is -1.85. The molecule has 0 aromatic heterocycles. The van der Waals surface area contributed by atoms with E-state index in [2.05, 4.69) is 0 Å². The Hall–Kier alpha value is -0.960. The van der Waals surface area contributed by atoms with Crippen LogP contribution in [0.5, 0.6) is 0 Å². The molecule has 0 unspecified atom stereocenters. The summed E-state index contributed by atoms with van der Waals surface area (Å²) < 4.78 is 25.2. The molecule has 1 aromatic carbocycles. The van der Waals surface area contributed by atoms with Crippen molar-refractivity contribution in [2.24, 2.45) is 0 Å². The molecule has 0 amide bonds. The highest BCUT2D eigenvalue weighted by atomic mass is 35.5. The maximum absolute atomic E-state index is 12.7. The zero-order valence-corrected chi connectivity index (χ0v) is 7.21. The number of rotatable bonds is 1. The van der Waals surface area contributed by atoms with Gasteiger partial charge in [-0.2, -0.15) is 0 Å². The van der Waals surface area contributed by atoms with Crippen LogP contribution in [0.2, 0.25) is 0 Å². The van der Waals surface area contributed by atoms with Gasteiger partial charge in [0.2, 0.25) is 0 Å². The Morgan fingerprint density at radius 3 is 2.33 bits per heavy atom. The fraction of sp³-hybridized carbons (Fsp3) is 0.125. The predicted octanol–water partition coefficient (Wildman–Crippen LogP) is 2.77. The number of hydrogen-bond acceptors (Lipinski definition) is 1. The number of halogens is 3. The van der Waals surface area contributed by atoms with Crippen molar-refractivity contribution in [3.63, 3.8) is 0 Å². The van der Waals surface area contributed by atoms with Crippen molar-refractivity contribution in [1.82, 2.24) is 0 Å². The summed E-state index contributed by atoms with van der Waals surface area (Å²) >= 11 is 0. The minimum absolute atomic E-state index is 0. The molecule has 1 N–H and O–H groups in total. The maximum Gasteiger partial charge on any atom is 0.167 e. The van der Waals surface area contributed by atoms with Crippen molar-refractivity contribution in [3.05, 3.63) is 35.4 Å². The molecule has 1 rings (SSSR count). The first kappa shape index (κ1) is 11.0. The highest BCUT2D eigenvalue weighted by Crippen LogP contribution is 2.11. The van der Waals surface area contributed by atoms with E-state index in [0.29, 0.717) is 0 Å². The molecule has 0 aliphatic rings. The lowest BCUT2D eigenvalue weighted by Gasteiger charge is -1.99. The van der Waals surface area contributed by atoms with Gasteiger partial charge in [0.15, 0.2) is 11.6 Å². The Balaban J connectivity index is 0.00000121. The Morgan fingerprint density at radius 1 is 1.33 bits per heavy atom. The molecule has 0 spiro atoms. The first-order valence-corrected chi connectivity index (χ1v) is 3.12. The first-order valence-electron chi connectivity index (χ1n) is 3.12. The lowest BCUT2D eigenvalue weighted by Crippen LogP contribution is -1.98. The van der Waals surface area contributed by atoms with E-state index in [4.69, 9.17) is 5.41 Å². The molecular weight excluding hydrogens is 184 g/mol. The third-order valence-electron chi connectivity index (χ3n) is 1.36. The van der Waals surface area contributed by atoms with Crippen molar-refractivity contribution >= 4 is 18.1 Å². The molecule has 0 saturated heterocycles. The van der Waals surface area contributed by atoms with Gasteiger partial charge in [-0.05, 0) is 13.0 Å². The zero-order chi connectivity index (χ0) is 8.43. The van der Waals surface area contributed by atoms with Gasteiger partial charge in [0, 0.05) is 11.3 Å². The SMILES string of the molecule is CC(=N)c1cccc(F)c1F.Cl. The van der Waals surface area contributed by atoms with Crippen molar-refractivity contribution in [3.8, 4) is 0 Å². The molecule has 0 heterocycles. The van der Waals surface area contributed by atoms with Crippen LogP contribution < -0.4 is 0 Å². The minimum Gasteiger partial charge on any atom is -0.305 e. The summed E-state index contributed by atoms with van der Waals surface area (Å²) in [5.41, 5.74) is 0.0481. The van der Waals surface area contributed by atoms with Crippen LogP contribution in [0.15, 0.2) is 18.2 Å². The molecule has 0 aliphatic carbocycles. The van der Waals surface area contributed by atoms with E-state index in [9.17, 15) is 8.78 Å². The first-order chi connectivity index (χ1) is 5.13. The second-order valence-corrected chi connectivity index (χ2v) is 2.23. The van der Waals surface area contributed by atoms with Crippen LogP contribution in [-0.2, 0) is 0 Å². The molecule has 12 heavy (non-hydrogen) atoms. The zero-order valence-electron chi connectivity index (χ0n) is 6.40. The fourth-order valence-corrected chi connectivity index (χ4v) is 0.793. The minimum atomic E-state index is -0.944. The second kappa shape index (κ2) is 4.16. The van der Waals surface area contributed by atoms with Gasteiger partial charge in [0.1, 0.15) is 0 Å². The summed E-state index contributed by atoms with van der Waals surface area (Å²) in [4.78, 5) is 0. The Bertz CT molecular complexity index is 299. The molecule has 0 radical (unpaired) electrons. The largest absolute Gasteiger partial charge is 0.305 e. The van der Waals surface area contributed by atoms with E-state index in [0.717, 1.165) is 6.07 Å². The van der Waals surface area contributed by atoms with Crippen LogP contribution >= 0.6 is 12.4 Å². The monoisotopic (exact) mass is 191 g/mol. The van der Waals surface area contributed by atoms with Gasteiger partial charge in [-0.3, -0.25) is 0 Å². The average Bonchev–Trinajstić information content (AvgIpc) is 1.94. The molecule has 0 aliphatic heterocycles. The van der Waals surface area contributed by atoms with Gasteiger partial charge >= 0.3 is 0 Å². The summed E-state index contributed by atoms with van der Waals surface area (Å²) in [5, 5.41) is 7.07. The smallest absolute Gasteiger partial charge is 0.167 e. The van der Waals surface area contributed by atoms with Crippen molar-refractivity contribution in [1.29, 1.82) is 5.41 Å². The van der Waals surface area contributed by atoms with E-state index in [-0.39, 0.29) is 23.7 Å². The van der Waals surface area contributed by atoms with Crippen LogP contribution in [0.1, 0.15) is 12.5 Å². The normalized spacial score (nSPS) is 8.92. The maximum atomic E-state index is 12.7. The summed E-state index contributed by atoms with van der Waals surface area (Å²) in [6, 6.07) is 3.79. The van der Waals surface area contributed by atoms with Crippen LogP contribution in [0, 0.1) is 17.0 Å². The fourth-order valence-electron chi connectivity index (χ4n) is 0.793. The molecule has 1 aromatic rings. The van der Waals surface area contributed by atoms with E-state index in [1.165, 1.54) is 19.1 Å². The van der Waals surface area contributed by atoms with Crippen LogP contribution in [0.3, 0.4) is 0 Å².